The van der Waals surface area contributed by atoms with Crippen molar-refractivity contribution in [2.24, 2.45) is 0 Å². The van der Waals surface area contributed by atoms with Crippen LogP contribution in [0.25, 0.3) is 5.70 Å². The average molecular weight is 442 g/mol. The second-order valence-corrected chi connectivity index (χ2v) is 6.65. The number of alkyl halides is 3. The van der Waals surface area contributed by atoms with Crippen LogP contribution in [0.5, 0.6) is 5.75 Å². The van der Waals surface area contributed by atoms with Crippen molar-refractivity contribution in [2.45, 2.75) is 11.8 Å². The van der Waals surface area contributed by atoms with Crippen LogP contribution in [0.3, 0.4) is 0 Å². The summed E-state index contributed by atoms with van der Waals surface area (Å²) >= 11 is 6.17. The maximum absolute atomic E-state index is 13.9. The third-order valence-corrected chi connectivity index (χ3v) is 4.92. The standard InChI is InChI=1S/C20H15ClF3NO5/c1-29-12-9-7-11(8-10-12)25-16(13-5-3-4-6-14(13)21)15(17(26)30-2)19(28,18(25)27)20(22,23)24/h3-10,28H,1-2H3. The lowest BCUT2D eigenvalue weighted by Crippen LogP contribution is -2.55. The number of esters is 1. The van der Waals surface area contributed by atoms with Gasteiger partial charge in [-0.05, 0) is 30.3 Å². The number of hydrogen-bond acceptors (Lipinski definition) is 5. The van der Waals surface area contributed by atoms with Crippen LogP contribution in [0.2, 0.25) is 5.02 Å². The highest BCUT2D eigenvalue weighted by Crippen LogP contribution is 2.50. The summed E-state index contributed by atoms with van der Waals surface area (Å²) in [5.74, 6) is -2.92. The molecule has 2 aromatic rings. The number of carbonyl (C=O) groups is 2. The zero-order valence-corrected chi connectivity index (χ0v) is 16.4. The molecule has 0 fully saturated rings. The SMILES string of the molecule is COC(=O)C1=C(c2ccccc2Cl)N(c2ccc(OC)cc2)C(=O)C1(O)C(F)(F)F. The smallest absolute Gasteiger partial charge is 0.431 e. The topological polar surface area (TPSA) is 76.1 Å². The van der Waals surface area contributed by atoms with Crippen molar-refractivity contribution in [3.8, 4) is 5.75 Å². The molecule has 10 heteroatoms. The van der Waals surface area contributed by atoms with Gasteiger partial charge in [-0.1, -0.05) is 29.8 Å². The first-order valence-electron chi connectivity index (χ1n) is 8.43. The van der Waals surface area contributed by atoms with Gasteiger partial charge in [0.05, 0.1) is 19.9 Å². The van der Waals surface area contributed by atoms with Gasteiger partial charge in [0.25, 0.3) is 11.5 Å². The minimum atomic E-state index is -5.51. The van der Waals surface area contributed by atoms with E-state index in [0.717, 1.165) is 7.11 Å². The van der Waals surface area contributed by atoms with E-state index in [2.05, 4.69) is 4.74 Å². The van der Waals surface area contributed by atoms with Crippen molar-refractivity contribution < 1.29 is 37.3 Å². The quantitative estimate of drug-likeness (QED) is 0.734. The number of halogens is 4. The van der Waals surface area contributed by atoms with Crippen LogP contribution < -0.4 is 9.64 Å². The van der Waals surface area contributed by atoms with Gasteiger partial charge in [-0.15, -0.1) is 0 Å². The normalized spacial score (nSPS) is 19.3. The fraction of sp³-hybridized carbons (Fsp3) is 0.200. The first-order chi connectivity index (χ1) is 14.1. The highest BCUT2D eigenvalue weighted by atomic mass is 35.5. The molecular weight excluding hydrogens is 427 g/mol. The lowest BCUT2D eigenvalue weighted by atomic mass is 9.92. The molecule has 1 N–H and O–H groups in total. The Labute approximate surface area is 174 Å². The molecular formula is C20H15ClF3NO5. The summed E-state index contributed by atoms with van der Waals surface area (Å²) in [5.41, 5.74) is -6.04. The van der Waals surface area contributed by atoms with Crippen molar-refractivity contribution in [2.75, 3.05) is 19.1 Å². The van der Waals surface area contributed by atoms with Gasteiger partial charge in [-0.25, -0.2) is 4.79 Å². The van der Waals surface area contributed by atoms with E-state index in [1.54, 1.807) is 0 Å². The third-order valence-electron chi connectivity index (χ3n) is 4.59. The Hall–Kier alpha value is -3.04. The number of benzene rings is 2. The molecule has 1 amide bonds. The van der Waals surface area contributed by atoms with E-state index in [4.69, 9.17) is 16.3 Å². The van der Waals surface area contributed by atoms with Gasteiger partial charge in [0, 0.05) is 16.3 Å². The number of aliphatic hydroxyl groups is 1. The summed E-state index contributed by atoms with van der Waals surface area (Å²) in [4.78, 5) is 26.0. The fourth-order valence-electron chi connectivity index (χ4n) is 3.15. The molecule has 158 valence electrons. The Morgan fingerprint density at radius 3 is 2.20 bits per heavy atom. The van der Waals surface area contributed by atoms with E-state index in [0.29, 0.717) is 10.6 Å². The highest BCUT2D eigenvalue weighted by molar-refractivity contribution is 6.34. The number of methoxy groups -OCH3 is 2. The number of anilines is 1. The summed E-state index contributed by atoms with van der Waals surface area (Å²) in [7, 11) is 2.24. The highest BCUT2D eigenvalue weighted by Gasteiger charge is 2.70. The molecule has 30 heavy (non-hydrogen) atoms. The molecule has 0 saturated carbocycles. The Bertz CT molecular complexity index is 1040. The number of carbonyl (C=O) groups excluding carboxylic acids is 2. The van der Waals surface area contributed by atoms with Crippen molar-refractivity contribution >= 4 is 34.9 Å². The number of nitrogens with zero attached hydrogens (tertiary/aromatic N) is 1. The summed E-state index contributed by atoms with van der Waals surface area (Å²) in [6, 6.07) is 11.1. The second-order valence-electron chi connectivity index (χ2n) is 6.24. The van der Waals surface area contributed by atoms with Gasteiger partial charge in [-0.3, -0.25) is 9.69 Å². The molecule has 0 radical (unpaired) electrons. The van der Waals surface area contributed by atoms with E-state index in [1.165, 1.54) is 55.6 Å². The van der Waals surface area contributed by atoms with Gasteiger partial charge in [0.1, 0.15) is 11.3 Å². The molecule has 0 spiro atoms. The maximum Gasteiger partial charge on any atom is 0.431 e. The summed E-state index contributed by atoms with van der Waals surface area (Å²) in [6.45, 7) is 0. The largest absolute Gasteiger partial charge is 0.497 e. The van der Waals surface area contributed by atoms with Crippen LogP contribution >= 0.6 is 11.6 Å². The zero-order valence-electron chi connectivity index (χ0n) is 15.7. The predicted octanol–water partition coefficient (Wildman–Crippen LogP) is 3.57. The van der Waals surface area contributed by atoms with Crippen molar-refractivity contribution in [3.05, 3.63) is 64.7 Å². The van der Waals surface area contributed by atoms with Crippen LogP contribution in [0.1, 0.15) is 5.56 Å². The molecule has 1 unspecified atom stereocenters. The molecule has 1 atom stereocenters. The Kier molecular flexibility index (Phi) is 5.53. The molecule has 1 aliphatic heterocycles. The fourth-order valence-corrected chi connectivity index (χ4v) is 3.37. The van der Waals surface area contributed by atoms with Crippen LogP contribution in [-0.4, -0.2) is 43.0 Å². The van der Waals surface area contributed by atoms with E-state index < -0.39 is 34.9 Å². The van der Waals surface area contributed by atoms with Crippen LogP contribution in [0, 0.1) is 0 Å². The molecule has 1 heterocycles. The number of amides is 1. The van der Waals surface area contributed by atoms with Crippen molar-refractivity contribution in [1.29, 1.82) is 0 Å². The van der Waals surface area contributed by atoms with E-state index in [1.807, 2.05) is 0 Å². The first kappa shape index (κ1) is 21.7. The monoisotopic (exact) mass is 441 g/mol. The van der Waals surface area contributed by atoms with E-state index >= 15 is 0 Å². The molecule has 0 bridgehead atoms. The molecule has 0 aliphatic carbocycles. The number of hydrogen-bond donors (Lipinski definition) is 1. The molecule has 1 aliphatic rings. The molecule has 2 aromatic carbocycles. The van der Waals surface area contributed by atoms with Gasteiger partial charge >= 0.3 is 12.1 Å². The minimum absolute atomic E-state index is 0.0355. The number of ether oxygens (including phenoxy) is 2. The predicted molar refractivity (Wildman–Crippen MR) is 102 cm³/mol. The van der Waals surface area contributed by atoms with Crippen molar-refractivity contribution in [3.63, 3.8) is 0 Å². The molecule has 3 rings (SSSR count). The summed E-state index contributed by atoms with van der Waals surface area (Å²) in [5, 5.41) is 10.5. The second kappa shape index (κ2) is 7.66. The Morgan fingerprint density at radius 2 is 1.70 bits per heavy atom. The molecule has 0 aromatic heterocycles. The zero-order chi connectivity index (χ0) is 22.3. The van der Waals surface area contributed by atoms with Gasteiger partial charge in [-0.2, -0.15) is 13.2 Å². The summed E-state index contributed by atoms with van der Waals surface area (Å²) in [6.07, 6.45) is -5.51. The van der Waals surface area contributed by atoms with Crippen molar-refractivity contribution in [1.82, 2.24) is 0 Å². The van der Waals surface area contributed by atoms with Gasteiger partial charge in [0.15, 0.2) is 0 Å². The summed E-state index contributed by atoms with van der Waals surface area (Å²) < 4.78 is 51.3. The van der Waals surface area contributed by atoms with Crippen LogP contribution in [0.4, 0.5) is 18.9 Å². The number of rotatable bonds is 4. The Morgan fingerprint density at radius 1 is 1.10 bits per heavy atom. The van der Waals surface area contributed by atoms with Crippen LogP contribution in [0.15, 0.2) is 54.1 Å². The molecule has 0 saturated heterocycles. The lowest BCUT2D eigenvalue weighted by Gasteiger charge is -2.27. The molecule has 6 nitrogen and oxygen atoms in total. The Balaban J connectivity index is 2.40. The lowest BCUT2D eigenvalue weighted by molar-refractivity contribution is -0.236. The van der Waals surface area contributed by atoms with Gasteiger partial charge in [0.2, 0.25) is 0 Å². The van der Waals surface area contributed by atoms with Crippen LogP contribution in [-0.2, 0) is 14.3 Å². The minimum Gasteiger partial charge on any atom is -0.497 e. The third kappa shape index (κ3) is 3.20. The maximum atomic E-state index is 13.9. The van der Waals surface area contributed by atoms with E-state index in [-0.39, 0.29) is 16.3 Å². The van der Waals surface area contributed by atoms with E-state index in [9.17, 15) is 27.9 Å². The average Bonchev–Trinajstić information content (AvgIpc) is 2.96. The first-order valence-corrected chi connectivity index (χ1v) is 8.81. The van der Waals surface area contributed by atoms with Gasteiger partial charge < -0.3 is 14.6 Å².